The molecule has 16 heavy (non-hydrogen) atoms. The fourth-order valence-electron chi connectivity index (χ4n) is 3.11. The molecule has 0 aliphatic heterocycles. The molecule has 0 N–H and O–H groups in total. The Balaban J connectivity index is 2.86. The van der Waals surface area contributed by atoms with E-state index in [1.807, 2.05) is 0 Å². The molecule has 0 spiro atoms. The molecule has 0 aromatic heterocycles. The summed E-state index contributed by atoms with van der Waals surface area (Å²) in [6, 6.07) is 0. The second-order valence-corrected chi connectivity index (χ2v) is 8.85. The maximum Gasteiger partial charge on any atom is 0.506 e. The van der Waals surface area contributed by atoms with Crippen LogP contribution in [0, 0.1) is 5.92 Å². The first-order chi connectivity index (χ1) is 7.54. The lowest BCUT2D eigenvalue weighted by Gasteiger charge is -2.45. The third-order valence-corrected chi connectivity index (χ3v) is 7.82. The molecule has 0 bridgehead atoms. The molecule has 0 unspecified atom stereocenters. The smallest absolute Gasteiger partial charge is 0.377 e. The first kappa shape index (κ1) is 14.2. The topological polar surface area (TPSA) is 27.7 Å². The second kappa shape index (κ2) is 5.62. The van der Waals surface area contributed by atoms with Crippen molar-refractivity contribution in [1.82, 2.24) is 0 Å². The summed E-state index contributed by atoms with van der Waals surface area (Å²) in [6.45, 7) is 4.48. The van der Waals surface area contributed by atoms with Gasteiger partial charge in [0.05, 0.1) is 0 Å². The fourth-order valence-corrected chi connectivity index (χ4v) is 5.98. The van der Waals surface area contributed by atoms with E-state index in [1.54, 1.807) is 21.3 Å². The molecule has 1 aliphatic carbocycles. The Hall–Kier alpha value is 0.0969. The van der Waals surface area contributed by atoms with Gasteiger partial charge in [0, 0.05) is 26.4 Å². The molecule has 0 aromatic carbocycles. The zero-order chi connectivity index (χ0) is 12.2. The lowest BCUT2D eigenvalue weighted by molar-refractivity contribution is 0.0729. The van der Waals surface area contributed by atoms with Gasteiger partial charge in [-0.1, -0.05) is 33.1 Å². The maximum atomic E-state index is 5.65. The molecule has 1 rings (SSSR count). The van der Waals surface area contributed by atoms with E-state index in [0.29, 0.717) is 5.92 Å². The standard InChI is InChI=1S/C12H26O3Si/c1-12(2,11-9-7-6-8-10-11)16(13-3,14-4)15-5/h11H,6-10H2,1-5H3. The highest BCUT2D eigenvalue weighted by molar-refractivity contribution is 6.64. The van der Waals surface area contributed by atoms with E-state index < -0.39 is 8.80 Å². The summed E-state index contributed by atoms with van der Waals surface area (Å²) in [7, 11) is 2.60. The average molecular weight is 246 g/mol. The summed E-state index contributed by atoms with van der Waals surface area (Å²) in [5.74, 6) is 0.660. The molecule has 96 valence electrons. The van der Waals surface area contributed by atoms with Crippen molar-refractivity contribution in [2.24, 2.45) is 5.92 Å². The van der Waals surface area contributed by atoms with Crippen molar-refractivity contribution >= 4 is 8.80 Å². The van der Waals surface area contributed by atoms with Crippen LogP contribution >= 0.6 is 0 Å². The summed E-state index contributed by atoms with van der Waals surface area (Å²) in [6.07, 6.45) is 6.58. The average Bonchev–Trinajstić information content (AvgIpc) is 2.33. The summed E-state index contributed by atoms with van der Waals surface area (Å²) in [5.41, 5.74) is 0. The molecule has 3 nitrogen and oxygen atoms in total. The van der Waals surface area contributed by atoms with Gasteiger partial charge in [-0.25, -0.2) is 0 Å². The fraction of sp³-hybridized carbons (Fsp3) is 1.00. The van der Waals surface area contributed by atoms with Crippen molar-refractivity contribution in [3.63, 3.8) is 0 Å². The Labute approximate surface area is 101 Å². The second-order valence-electron chi connectivity index (χ2n) is 5.23. The van der Waals surface area contributed by atoms with Gasteiger partial charge < -0.3 is 13.3 Å². The zero-order valence-electron chi connectivity index (χ0n) is 11.3. The maximum absolute atomic E-state index is 5.65. The quantitative estimate of drug-likeness (QED) is 0.697. The van der Waals surface area contributed by atoms with E-state index in [0.717, 1.165) is 0 Å². The van der Waals surface area contributed by atoms with E-state index in [4.69, 9.17) is 13.3 Å². The Morgan fingerprint density at radius 1 is 0.875 bits per heavy atom. The van der Waals surface area contributed by atoms with Crippen LogP contribution in [0.4, 0.5) is 0 Å². The number of rotatable bonds is 5. The first-order valence-corrected chi connectivity index (χ1v) is 7.92. The van der Waals surface area contributed by atoms with Gasteiger partial charge in [-0.3, -0.25) is 0 Å². The lowest BCUT2D eigenvalue weighted by Crippen LogP contribution is -2.55. The minimum absolute atomic E-state index is 0.00563. The van der Waals surface area contributed by atoms with Gasteiger partial charge in [0.2, 0.25) is 0 Å². The lowest BCUT2D eigenvalue weighted by atomic mass is 9.81. The van der Waals surface area contributed by atoms with Crippen LogP contribution < -0.4 is 0 Å². The van der Waals surface area contributed by atoms with E-state index >= 15 is 0 Å². The molecule has 1 saturated carbocycles. The van der Waals surface area contributed by atoms with Crippen LogP contribution in [0.1, 0.15) is 46.0 Å². The van der Waals surface area contributed by atoms with E-state index in [9.17, 15) is 0 Å². The van der Waals surface area contributed by atoms with Crippen LogP contribution in [-0.4, -0.2) is 30.1 Å². The summed E-state index contributed by atoms with van der Waals surface area (Å²) in [5, 5.41) is 0.00563. The Kier molecular flexibility index (Phi) is 4.98. The van der Waals surface area contributed by atoms with Crippen molar-refractivity contribution in [2.45, 2.75) is 51.0 Å². The Morgan fingerprint density at radius 3 is 1.69 bits per heavy atom. The Bertz CT molecular complexity index is 200. The zero-order valence-corrected chi connectivity index (χ0v) is 12.3. The highest BCUT2D eigenvalue weighted by Gasteiger charge is 2.57. The number of hydrogen-bond donors (Lipinski definition) is 0. The highest BCUT2D eigenvalue weighted by atomic mass is 28.4. The molecule has 1 aliphatic rings. The monoisotopic (exact) mass is 246 g/mol. The van der Waals surface area contributed by atoms with E-state index in [-0.39, 0.29) is 5.04 Å². The van der Waals surface area contributed by atoms with E-state index in [2.05, 4.69) is 13.8 Å². The normalized spacial score (nSPS) is 20.1. The number of hydrogen-bond acceptors (Lipinski definition) is 3. The molecular formula is C12H26O3Si. The minimum atomic E-state index is -2.53. The summed E-state index contributed by atoms with van der Waals surface area (Å²) >= 11 is 0. The molecule has 0 heterocycles. The van der Waals surface area contributed by atoms with Crippen LogP contribution in [0.2, 0.25) is 5.04 Å². The van der Waals surface area contributed by atoms with Crippen molar-refractivity contribution in [3.05, 3.63) is 0 Å². The summed E-state index contributed by atoms with van der Waals surface area (Å²) < 4.78 is 16.9. The van der Waals surface area contributed by atoms with Crippen LogP contribution in [-0.2, 0) is 13.3 Å². The van der Waals surface area contributed by atoms with E-state index in [1.165, 1.54) is 32.1 Å². The van der Waals surface area contributed by atoms with Crippen molar-refractivity contribution in [3.8, 4) is 0 Å². The first-order valence-electron chi connectivity index (χ1n) is 6.19. The molecule has 0 saturated heterocycles. The van der Waals surface area contributed by atoms with Gasteiger partial charge >= 0.3 is 8.80 Å². The van der Waals surface area contributed by atoms with Crippen LogP contribution in [0.5, 0.6) is 0 Å². The molecule has 0 amide bonds. The van der Waals surface area contributed by atoms with Gasteiger partial charge in [-0.2, -0.15) is 0 Å². The largest absolute Gasteiger partial charge is 0.506 e. The highest BCUT2D eigenvalue weighted by Crippen LogP contribution is 2.50. The predicted octanol–water partition coefficient (Wildman–Crippen LogP) is 3.23. The van der Waals surface area contributed by atoms with Gasteiger partial charge in [-0.15, -0.1) is 0 Å². The molecule has 0 aromatic rings. The predicted molar refractivity (Wildman–Crippen MR) is 67.4 cm³/mol. The Morgan fingerprint density at radius 2 is 1.31 bits per heavy atom. The van der Waals surface area contributed by atoms with Crippen molar-refractivity contribution in [1.29, 1.82) is 0 Å². The van der Waals surface area contributed by atoms with Crippen molar-refractivity contribution in [2.75, 3.05) is 21.3 Å². The third-order valence-electron chi connectivity index (χ3n) is 4.22. The molecule has 0 radical (unpaired) electrons. The molecule has 0 atom stereocenters. The molecule has 4 heteroatoms. The van der Waals surface area contributed by atoms with Crippen LogP contribution in [0.15, 0.2) is 0 Å². The minimum Gasteiger partial charge on any atom is -0.377 e. The van der Waals surface area contributed by atoms with Crippen LogP contribution in [0.3, 0.4) is 0 Å². The van der Waals surface area contributed by atoms with Crippen molar-refractivity contribution < 1.29 is 13.3 Å². The molecule has 1 fully saturated rings. The SMILES string of the molecule is CO[Si](OC)(OC)C(C)(C)C1CCCCC1. The van der Waals surface area contributed by atoms with Gasteiger partial charge in [-0.05, 0) is 18.8 Å². The van der Waals surface area contributed by atoms with Gasteiger partial charge in [0.25, 0.3) is 0 Å². The third kappa shape index (κ3) is 2.35. The van der Waals surface area contributed by atoms with Gasteiger partial charge in [0.15, 0.2) is 0 Å². The molecular weight excluding hydrogens is 220 g/mol. The van der Waals surface area contributed by atoms with Gasteiger partial charge in [0.1, 0.15) is 0 Å². The van der Waals surface area contributed by atoms with Crippen LogP contribution in [0.25, 0.3) is 0 Å². The summed E-state index contributed by atoms with van der Waals surface area (Å²) in [4.78, 5) is 0.